The molecule has 1 aliphatic rings. The van der Waals surface area contributed by atoms with Gasteiger partial charge in [-0.15, -0.1) is 11.3 Å². The smallest absolute Gasteiger partial charge is 0.375 e. The predicted molar refractivity (Wildman–Crippen MR) is 122 cm³/mol. The fraction of sp³-hybridized carbons (Fsp3) is 0.208. The second-order valence-electron chi connectivity index (χ2n) is 7.77. The first-order valence-electron chi connectivity index (χ1n) is 10.3. The minimum Gasteiger partial charge on any atom is -0.450 e. The summed E-state index contributed by atoms with van der Waals surface area (Å²) in [7, 11) is 0. The van der Waals surface area contributed by atoms with Gasteiger partial charge in [0.1, 0.15) is 10.6 Å². The number of hydrogen-bond acceptors (Lipinski definition) is 6. The molecule has 162 valence electrons. The second-order valence-corrected chi connectivity index (χ2v) is 8.87. The van der Waals surface area contributed by atoms with Crippen molar-refractivity contribution in [3.05, 3.63) is 63.7 Å². The maximum Gasteiger partial charge on any atom is 0.375 e. The summed E-state index contributed by atoms with van der Waals surface area (Å²) in [6, 6.07) is 11.6. The number of rotatable bonds is 5. The fourth-order valence-electron chi connectivity index (χ4n) is 4.26. The zero-order valence-electron chi connectivity index (χ0n) is 17.3. The number of aryl methyl sites for hydroxylation is 2. The van der Waals surface area contributed by atoms with E-state index in [2.05, 4.69) is 5.32 Å². The van der Waals surface area contributed by atoms with E-state index in [0.717, 1.165) is 45.9 Å². The van der Waals surface area contributed by atoms with Gasteiger partial charge in [-0.25, -0.2) is 4.79 Å². The van der Waals surface area contributed by atoms with Crippen LogP contribution in [0, 0.1) is 6.92 Å². The van der Waals surface area contributed by atoms with Crippen LogP contribution < -0.4 is 11.1 Å². The van der Waals surface area contributed by atoms with Crippen LogP contribution in [0.25, 0.3) is 21.7 Å². The number of anilines is 1. The van der Waals surface area contributed by atoms with E-state index < -0.39 is 24.4 Å². The molecule has 1 aliphatic carbocycles. The number of nitrogens with two attached hydrogens (primary N) is 1. The Morgan fingerprint density at radius 3 is 2.75 bits per heavy atom. The fourth-order valence-corrected chi connectivity index (χ4v) is 5.57. The number of esters is 1. The molecule has 2 aromatic heterocycles. The molecule has 4 aromatic rings. The van der Waals surface area contributed by atoms with Gasteiger partial charge in [-0.3, -0.25) is 9.59 Å². The molecular formula is C24H20N2O5S. The predicted octanol–water partition coefficient (Wildman–Crippen LogP) is 4.34. The lowest BCUT2D eigenvalue weighted by atomic mass is 10.1. The van der Waals surface area contributed by atoms with E-state index in [4.69, 9.17) is 14.9 Å². The third-order valence-electron chi connectivity index (χ3n) is 5.77. The maximum absolute atomic E-state index is 12.6. The van der Waals surface area contributed by atoms with Crippen LogP contribution in [0.15, 0.2) is 40.8 Å². The molecular weight excluding hydrogens is 428 g/mol. The van der Waals surface area contributed by atoms with E-state index in [1.54, 1.807) is 6.92 Å². The van der Waals surface area contributed by atoms with Gasteiger partial charge in [0.25, 0.3) is 11.8 Å². The average Bonchev–Trinajstić information content (AvgIpc) is 3.45. The molecule has 7 nitrogen and oxygen atoms in total. The number of primary amides is 1. The number of fused-ring (bicyclic) bond motifs is 4. The quantitative estimate of drug-likeness (QED) is 0.441. The van der Waals surface area contributed by atoms with Crippen LogP contribution in [0.2, 0.25) is 0 Å². The van der Waals surface area contributed by atoms with E-state index in [0.29, 0.717) is 21.7 Å². The number of nitrogens with one attached hydrogen (secondary N) is 1. The van der Waals surface area contributed by atoms with Crippen LogP contribution in [0.5, 0.6) is 0 Å². The molecule has 32 heavy (non-hydrogen) atoms. The van der Waals surface area contributed by atoms with Crippen molar-refractivity contribution < 1.29 is 23.5 Å². The Morgan fingerprint density at radius 2 is 1.94 bits per heavy atom. The molecule has 0 spiro atoms. The van der Waals surface area contributed by atoms with E-state index in [1.807, 2.05) is 36.4 Å². The minimum absolute atomic E-state index is 0.0667. The molecule has 0 saturated heterocycles. The Hall–Kier alpha value is -3.65. The molecule has 3 N–H and O–H groups in total. The van der Waals surface area contributed by atoms with Crippen LogP contribution in [-0.4, -0.2) is 24.4 Å². The third kappa shape index (κ3) is 3.33. The summed E-state index contributed by atoms with van der Waals surface area (Å²) in [5, 5.41) is 5.79. The number of furan rings is 1. The second kappa shape index (κ2) is 7.80. The SMILES string of the molecule is Cc1c(C(=O)OCC(=O)Nc2sc3c(c2C(N)=O)CCC3)oc2c1ccc1ccccc12. The normalized spacial score (nSPS) is 12.8. The van der Waals surface area contributed by atoms with E-state index in [-0.39, 0.29) is 5.76 Å². The summed E-state index contributed by atoms with van der Waals surface area (Å²) in [5.41, 5.74) is 8.06. The summed E-state index contributed by atoms with van der Waals surface area (Å²) < 4.78 is 11.1. The first-order chi connectivity index (χ1) is 15.4. The molecule has 2 heterocycles. The molecule has 0 fully saturated rings. The molecule has 2 amide bonds. The molecule has 8 heteroatoms. The number of amides is 2. The van der Waals surface area contributed by atoms with Gasteiger partial charge >= 0.3 is 5.97 Å². The van der Waals surface area contributed by atoms with Crippen LogP contribution in [0.4, 0.5) is 5.00 Å². The van der Waals surface area contributed by atoms with Gasteiger partial charge in [-0.1, -0.05) is 36.4 Å². The zero-order chi connectivity index (χ0) is 22.4. The molecule has 0 aliphatic heterocycles. The zero-order valence-corrected chi connectivity index (χ0v) is 18.1. The lowest BCUT2D eigenvalue weighted by molar-refractivity contribution is -0.119. The van der Waals surface area contributed by atoms with E-state index >= 15 is 0 Å². The first kappa shape index (κ1) is 20.3. The molecule has 2 aromatic carbocycles. The van der Waals surface area contributed by atoms with Crippen molar-refractivity contribution in [2.24, 2.45) is 5.73 Å². The van der Waals surface area contributed by atoms with Gasteiger partial charge in [-0.2, -0.15) is 0 Å². The van der Waals surface area contributed by atoms with Gasteiger partial charge in [0.2, 0.25) is 5.76 Å². The Bertz CT molecular complexity index is 1420. The van der Waals surface area contributed by atoms with Gasteiger partial charge < -0.3 is 20.2 Å². The topological polar surface area (TPSA) is 112 Å². The standard InChI is InChI=1S/C24H20N2O5S/c1-12-14-10-9-13-5-2-3-6-15(13)21(14)31-20(12)24(29)30-11-18(27)26-23-19(22(25)28)16-7-4-8-17(16)32-23/h2-3,5-6,9-10H,4,7-8,11H2,1H3,(H2,25,28)(H,26,27). The van der Waals surface area contributed by atoms with Crippen molar-refractivity contribution in [3.8, 4) is 0 Å². The Labute approximate surface area is 187 Å². The largest absolute Gasteiger partial charge is 0.450 e. The molecule has 5 rings (SSSR count). The summed E-state index contributed by atoms with van der Waals surface area (Å²) in [5.74, 6) is -1.76. The van der Waals surface area contributed by atoms with Gasteiger partial charge in [-0.05, 0) is 37.1 Å². The number of carbonyl (C=O) groups excluding carboxylic acids is 3. The van der Waals surface area contributed by atoms with Gasteiger partial charge in [0.05, 0.1) is 5.56 Å². The van der Waals surface area contributed by atoms with Crippen LogP contribution >= 0.6 is 11.3 Å². The van der Waals surface area contributed by atoms with E-state index in [9.17, 15) is 14.4 Å². The average molecular weight is 449 g/mol. The number of carbonyl (C=O) groups is 3. The maximum atomic E-state index is 12.6. The summed E-state index contributed by atoms with van der Waals surface area (Å²) in [4.78, 5) is 38.0. The summed E-state index contributed by atoms with van der Waals surface area (Å²) in [6.45, 7) is 1.28. The third-order valence-corrected chi connectivity index (χ3v) is 6.98. The van der Waals surface area contributed by atoms with Crippen molar-refractivity contribution in [3.63, 3.8) is 0 Å². The van der Waals surface area contributed by atoms with Crippen LogP contribution in [-0.2, 0) is 22.4 Å². The highest BCUT2D eigenvalue weighted by Gasteiger charge is 2.27. The van der Waals surface area contributed by atoms with Crippen molar-refractivity contribution in [1.82, 2.24) is 0 Å². The van der Waals surface area contributed by atoms with Crippen molar-refractivity contribution >= 4 is 55.9 Å². The van der Waals surface area contributed by atoms with Crippen LogP contribution in [0.3, 0.4) is 0 Å². The number of ether oxygens (including phenoxy) is 1. The van der Waals surface area contributed by atoms with Gasteiger partial charge in [0.15, 0.2) is 6.61 Å². The molecule has 0 radical (unpaired) electrons. The number of hydrogen-bond donors (Lipinski definition) is 2. The lowest BCUT2D eigenvalue weighted by Gasteiger charge is -2.06. The first-order valence-corrected chi connectivity index (χ1v) is 11.1. The van der Waals surface area contributed by atoms with Crippen molar-refractivity contribution in [2.75, 3.05) is 11.9 Å². The molecule has 0 atom stereocenters. The van der Waals surface area contributed by atoms with Crippen molar-refractivity contribution in [2.45, 2.75) is 26.2 Å². The highest BCUT2D eigenvalue weighted by Crippen LogP contribution is 2.39. The highest BCUT2D eigenvalue weighted by atomic mass is 32.1. The summed E-state index contributed by atoms with van der Waals surface area (Å²) in [6.07, 6.45) is 2.61. The number of benzene rings is 2. The van der Waals surface area contributed by atoms with Crippen LogP contribution in [0.1, 0.15) is 43.3 Å². The monoisotopic (exact) mass is 448 g/mol. The number of thiophene rings is 1. The minimum atomic E-state index is -0.721. The lowest BCUT2D eigenvalue weighted by Crippen LogP contribution is -2.22. The van der Waals surface area contributed by atoms with Gasteiger partial charge in [0, 0.05) is 21.2 Å². The van der Waals surface area contributed by atoms with E-state index in [1.165, 1.54) is 11.3 Å². The Morgan fingerprint density at radius 1 is 1.12 bits per heavy atom. The highest BCUT2D eigenvalue weighted by molar-refractivity contribution is 7.17. The Balaban J connectivity index is 1.33. The Kier molecular flexibility index (Phi) is 4.94. The molecule has 0 bridgehead atoms. The van der Waals surface area contributed by atoms with Crippen molar-refractivity contribution in [1.29, 1.82) is 0 Å². The molecule has 0 unspecified atom stereocenters. The summed E-state index contributed by atoms with van der Waals surface area (Å²) >= 11 is 1.35. The molecule has 0 saturated carbocycles.